The molecule has 0 bridgehead atoms. The molecule has 1 N–H and O–H groups in total. The molecule has 0 aromatic heterocycles. The Morgan fingerprint density at radius 3 is 2.05 bits per heavy atom. The second-order valence-corrected chi connectivity index (χ2v) is 7.03. The normalized spacial score (nSPS) is 17.3. The molecule has 0 radical (unpaired) electrons. The van der Waals surface area contributed by atoms with E-state index in [2.05, 4.69) is 0 Å². The molecule has 116 valence electrons. The van der Waals surface area contributed by atoms with Gasteiger partial charge in [0.2, 0.25) is 10.0 Å². The summed E-state index contributed by atoms with van der Waals surface area (Å²) >= 11 is 0. The Bertz CT molecular complexity index is 468. The van der Waals surface area contributed by atoms with Gasteiger partial charge in [-0.2, -0.15) is 4.31 Å². The van der Waals surface area contributed by atoms with Crippen LogP contribution in [0.4, 0.5) is 4.79 Å². The van der Waals surface area contributed by atoms with Crippen molar-refractivity contribution in [3.05, 3.63) is 0 Å². The first-order valence-corrected chi connectivity index (χ1v) is 8.20. The number of piperazine rings is 1. The Kier molecular flexibility index (Phi) is 5.35. The van der Waals surface area contributed by atoms with Crippen LogP contribution < -0.4 is 0 Å². The molecule has 0 spiro atoms. The van der Waals surface area contributed by atoms with Crippen LogP contribution in [0, 0.1) is 0 Å². The summed E-state index contributed by atoms with van der Waals surface area (Å²) in [5, 5.41) is 8.83. The fourth-order valence-corrected chi connectivity index (χ4v) is 2.84. The zero-order valence-corrected chi connectivity index (χ0v) is 12.8. The fraction of sp³-hybridized carbons (Fsp3) is 0.818. The van der Waals surface area contributed by atoms with Gasteiger partial charge in [0.1, 0.15) is 6.54 Å². The van der Waals surface area contributed by atoms with Crippen LogP contribution in [-0.4, -0.2) is 84.7 Å². The SMILES string of the molecule is CC(C)N(CC(=O)O)C(=O)N1CCN(S(C)(=O)=O)CC1. The molecule has 0 saturated carbocycles. The molecular weight excluding hydrogens is 286 g/mol. The molecule has 1 saturated heterocycles. The first kappa shape index (κ1) is 16.7. The lowest BCUT2D eigenvalue weighted by Crippen LogP contribution is -2.55. The Labute approximate surface area is 119 Å². The van der Waals surface area contributed by atoms with Crippen molar-refractivity contribution >= 4 is 22.0 Å². The average molecular weight is 307 g/mol. The summed E-state index contributed by atoms with van der Waals surface area (Å²) in [5.41, 5.74) is 0. The van der Waals surface area contributed by atoms with E-state index in [0.29, 0.717) is 0 Å². The summed E-state index contributed by atoms with van der Waals surface area (Å²) in [5.74, 6) is -1.07. The van der Waals surface area contributed by atoms with Crippen molar-refractivity contribution in [3.63, 3.8) is 0 Å². The van der Waals surface area contributed by atoms with Gasteiger partial charge in [-0.3, -0.25) is 4.79 Å². The average Bonchev–Trinajstić information content (AvgIpc) is 2.33. The van der Waals surface area contributed by atoms with Crippen LogP contribution in [0.5, 0.6) is 0 Å². The monoisotopic (exact) mass is 307 g/mol. The molecule has 0 aromatic rings. The molecule has 8 nitrogen and oxygen atoms in total. The molecular formula is C11H21N3O5S. The largest absolute Gasteiger partial charge is 0.480 e. The van der Waals surface area contributed by atoms with Crippen LogP contribution in [0.15, 0.2) is 0 Å². The van der Waals surface area contributed by atoms with Crippen molar-refractivity contribution in [3.8, 4) is 0 Å². The van der Waals surface area contributed by atoms with Crippen LogP contribution in [0.2, 0.25) is 0 Å². The van der Waals surface area contributed by atoms with Crippen molar-refractivity contribution in [2.45, 2.75) is 19.9 Å². The predicted molar refractivity (Wildman–Crippen MR) is 72.9 cm³/mol. The molecule has 1 aliphatic heterocycles. The number of rotatable bonds is 4. The molecule has 20 heavy (non-hydrogen) atoms. The predicted octanol–water partition coefficient (Wildman–Crippen LogP) is -0.521. The number of urea groups is 1. The van der Waals surface area contributed by atoms with E-state index in [1.807, 2.05) is 0 Å². The van der Waals surface area contributed by atoms with E-state index in [4.69, 9.17) is 5.11 Å². The number of hydrogen-bond donors (Lipinski definition) is 1. The highest BCUT2D eigenvalue weighted by atomic mass is 32.2. The Hall–Kier alpha value is -1.35. The van der Waals surface area contributed by atoms with Gasteiger partial charge in [-0.15, -0.1) is 0 Å². The van der Waals surface area contributed by atoms with E-state index >= 15 is 0 Å². The second-order valence-electron chi connectivity index (χ2n) is 5.05. The van der Waals surface area contributed by atoms with Crippen molar-refractivity contribution in [1.82, 2.24) is 14.1 Å². The van der Waals surface area contributed by atoms with Gasteiger partial charge >= 0.3 is 12.0 Å². The molecule has 0 aromatic carbocycles. The van der Waals surface area contributed by atoms with Crippen LogP contribution >= 0.6 is 0 Å². The quantitative estimate of drug-likeness (QED) is 0.753. The number of aliphatic carboxylic acids is 1. The summed E-state index contributed by atoms with van der Waals surface area (Å²) in [4.78, 5) is 25.8. The van der Waals surface area contributed by atoms with Crippen LogP contribution in [0.1, 0.15) is 13.8 Å². The van der Waals surface area contributed by atoms with Gasteiger partial charge in [0.15, 0.2) is 0 Å². The molecule has 1 rings (SSSR count). The Morgan fingerprint density at radius 2 is 1.70 bits per heavy atom. The molecule has 1 fully saturated rings. The van der Waals surface area contributed by atoms with Crippen LogP contribution in [0.25, 0.3) is 0 Å². The number of carbonyl (C=O) groups is 2. The third-order valence-corrected chi connectivity index (χ3v) is 4.46. The van der Waals surface area contributed by atoms with Crippen molar-refractivity contribution in [1.29, 1.82) is 0 Å². The lowest BCUT2D eigenvalue weighted by Gasteiger charge is -2.37. The van der Waals surface area contributed by atoms with E-state index in [1.54, 1.807) is 13.8 Å². The third-order valence-electron chi connectivity index (χ3n) is 3.15. The maximum Gasteiger partial charge on any atom is 0.323 e. The number of carboxylic acids is 1. The van der Waals surface area contributed by atoms with Crippen molar-refractivity contribution in [2.75, 3.05) is 39.0 Å². The minimum Gasteiger partial charge on any atom is -0.480 e. The first-order chi connectivity index (χ1) is 9.12. The smallest absolute Gasteiger partial charge is 0.323 e. The van der Waals surface area contributed by atoms with Gasteiger partial charge in [-0.1, -0.05) is 0 Å². The van der Waals surface area contributed by atoms with Gasteiger partial charge in [0, 0.05) is 32.2 Å². The number of carboxylic acid groups (broad SMARTS) is 1. The molecule has 2 amide bonds. The highest BCUT2D eigenvalue weighted by Crippen LogP contribution is 2.10. The van der Waals surface area contributed by atoms with Gasteiger partial charge < -0.3 is 14.9 Å². The first-order valence-electron chi connectivity index (χ1n) is 6.35. The third kappa shape index (κ3) is 4.34. The van der Waals surface area contributed by atoms with E-state index < -0.39 is 16.0 Å². The van der Waals surface area contributed by atoms with Crippen molar-refractivity contribution in [2.24, 2.45) is 0 Å². The van der Waals surface area contributed by atoms with Crippen LogP contribution in [0.3, 0.4) is 0 Å². The Morgan fingerprint density at radius 1 is 1.20 bits per heavy atom. The fourth-order valence-electron chi connectivity index (χ4n) is 2.01. The van der Waals surface area contributed by atoms with E-state index in [0.717, 1.165) is 6.26 Å². The maximum absolute atomic E-state index is 12.3. The van der Waals surface area contributed by atoms with E-state index in [-0.39, 0.29) is 44.8 Å². The summed E-state index contributed by atoms with van der Waals surface area (Å²) in [6.07, 6.45) is 1.13. The minimum atomic E-state index is -3.24. The molecule has 0 unspecified atom stereocenters. The zero-order chi connectivity index (χ0) is 15.5. The van der Waals surface area contributed by atoms with Gasteiger partial charge in [-0.05, 0) is 13.8 Å². The standard InChI is InChI=1S/C11H21N3O5S/c1-9(2)14(8-10(15)16)11(17)12-4-6-13(7-5-12)20(3,18)19/h9H,4-8H2,1-3H3,(H,15,16). The number of hydrogen-bond acceptors (Lipinski definition) is 4. The van der Waals surface area contributed by atoms with Gasteiger partial charge in [0.05, 0.1) is 6.26 Å². The lowest BCUT2D eigenvalue weighted by atomic mass is 10.3. The Balaban J connectivity index is 2.67. The topological polar surface area (TPSA) is 98.2 Å². The zero-order valence-electron chi connectivity index (χ0n) is 11.9. The number of amides is 2. The molecule has 1 aliphatic rings. The van der Waals surface area contributed by atoms with Crippen LogP contribution in [-0.2, 0) is 14.8 Å². The maximum atomic E-state index is 12.3. The highest BCUT2D eigenvalue weighted by Gasteiger charge is 2.30. The van der Waals surface area contributed by atoms with Gasteiger partial charge in [-0.25, -0.2) is 13.2 Å². The molecule has 0 atom stereocenters. The minimum absolute atomic E-state index is 0.230. The molecule has 1 heterocycles. The molecule has 9 heteroatoms. The van der Waals surface area contributed by atoms with E-state index in [9.17, 15) is 18.0 Å². The number of carbonyl (C=O) groups excluding carboxylic acids is 1. The number of sulfonamides is 1. The highest BCUT2D eigenvalue weighted by molar-refractivity contribution is 7.88. The summed E-state index contributed by atoms with van der Waals surface area (Å²) in [7, 11) is -3.24. The molecule has 0 aliphatic carbocycles. The number of nitrogens with zero attached hydrogens (tertiary/aromatic N) is 3. The summed E-state index contributed by atoms with van der Waals surface area (Å²) < 4.78 is 24.1. The second kappa shape index (κ2) is 6.40. The summed E-state index contributed by atoms with van der Waals surface area (Å²) in [6, 6.07) is -0.595. The summed E-state index contributed by atoms with van der Waals surface area (Å²) in [6.45, 7) is 4.15. The van der Waals surface area contributed by atoms with Crippen molar-refractivity contribution < 1.29 is 23.1 Å². The van der Waals surface area contributed by atoms with E-state index in [1.165, 1.54) is 14.1 Å². The lowest BCUT2D eigenvalue weighted by molar-refractivity contribution is -0.138. The van der Waals surface area contributed by atoms with Gasteiger partial charge in [0.25, 0.3) is 0 Å².